The van der Waals surface area contributed by atoms with E-state index in [2.05, 4.69) is 36.6 Å². The van der Waals surface area contributed by atoms with Crippen molar-refractivity contribution in [2.75, 3.05) is 37.0 Å². The lowest BCUT2D eigenvalue weighted by atomic mass is 10.2. The quantitative estimate of drug-likeness (QED) is 0.528. The van der Waals surface area contributed by atoms with Crippen LogP contribution in [0.5, 0.6) is 0 Å². The highest BCUT2D eigenvalue weighted by Gasteiger charge is 2.23. The zero-order valence-electron chi connectivity index (χ0n) is 11.1. The maximum Gasteiger partial charge on any atom is 0.244 e. The molecule has 1 atom stereocenters. The Kier molecular flexibility index (Phi) is 5.10. The summed E-state index contributed by atoms with van der Waals surface area (Å²) in [4.78, 5) is 22.2. The van der Waals surface area contributed by atoms with Gasteiger partial charge in [0.1, 0.15) is 11.9 Å². The van der Waals surface area contributed by atoms with Gasteiger partial charge < -0.3 is 15.0 Å². The van der Waals surface area contributed by atoms with Gasteiger partial charge in [-0.1, -0.05) is 0 Å². The van der Waals surface area contributed by atoms with Crippen molar-refractivity contribution in [2.24, 2.45) is 5.84 Å². The second kappa shape index (κ2) is 6.82. The summed E-state index contributed by atoms with van der Waals surface area (Å²) in [5.41, 5.74) is 2.37. The lowest BCUT2D eigenvalue weighted by Crippen LogP contribution is -2.47. The van der Waals surface area contributed by atoms with Crippen LogP contribution in [-0.4, -0.2) is 53.1 Å². The SMILES string of the molecule is CC(Nc1nc(NN)ncc1Br)C(=O)N1CCOCC1. The lowest BCUT2D eigenvalue weighted by molar-refractivity contribution is -0.135. The number of nitrogens with one attached hydrogen (secondary N) is 2. The second-order valence-electron chi connectivity index (χ2n) is 4.34. The summed E-state index contributed by atoms with van der Waals surface area (Å²) in [6, 6.07) is -0.398. The topological polar surface area (TPSA) is 105 Å². The lowest BCUT2D eigenvalue weighted by Gasteiger charge is -2.29. The first-order valence-electron chi connectivity index (χ1n) is 6.24. The van der Waals surface area contributed by atoms with Gasteiger partial charge >= 0.3 is 0 Å². The number of carbonyl (C=O) groups is 1. The molecule has 1 aromatic heterocycles. The maximum atomic E-state index is 12.3. The van der Waals surface area contributed by atoms with Crippen molar-refractivity contribution in [3.63, 3.8) is 0 Å². The Bertz CT molecular complexity index is 480. The minimum absolute atomic E-state index is 0.0149. The van der Waals surface area contributed by atoms with Crippen molar-refractivity contribution in [1.29, 1.82) is 0 Å². The fraction of sp³-hybridized carbons (Fsp3) is 0.545. The fourth-order valence-electron chi connectivity index (χ4n) is 1.86. The summed E-state index contributed by atoms with van der Waals surface area (Å²) in [7, 11) is 0. The molecule has 110 valence electrons. The Hall–Kier alpha value is -1.45. The summed E-state index contributed by atoms with van der Waals surface area (Å²) in [5.74, 6) is 6.08. The number of halogens is 1. The number of aromatic nitrogens is 2. The fourth-order valence-corrected chi connectivity index (χ4v) is 2.17. The molecule has 2 heterocycles. The molecule has 2 rings (SSSR count). The third kappa shape index (κ3) is 3.56. The van der Waals surface area contributed by atoms with E-state index in [1.54, 1.807) is 18.0 Å². The van der Waals surface area contributed by atoms with Gasteiger partial charge in [-0.15, -0.1) is 0 Å². The molecular weight excluding hydrogens is 328 g/mol. The Labute approximate surface area is 125 Å². The zero-order chi connectivity index (χ0) is 14.5. The molecular formula is C11H17BrN6O2. The van der Waals surface area contributed by atoms with E-state index in [9.17, 15) is 4.79 Å². The van der Waals surface area contributed by atoms with E-state index < -0.39 is 6.04 Å². The van der Waals surface area contributed by atoms with Crippen molar-refractivity contribution in [1.82, 2.24) is 14.9 Å². The third-order valence-electron chi connectivity index (χ3n) is 2.92. The van der Waals surface area contributed by atoms with Crippen molar-refractivity contribution >= 4 is 33.6 Å². The number of hydrogen-bond acceptors (Lipinski definition) is 7. The van der Waals surface area contributed by atoms with Crippen LogP contribution in [0.3, 0.4) is 0 Å². The average molecular weight is 345 g/mol. The normalized spacial score (nSPS) is 16.6. The Balaban J connectivity index is 2.03. The Morgan fingerprint density at radius 2 is 2.25 bits per heavy atom. The molecule has 1 fully saturated rings. The Morgan fingerprint density at radius 1 is 1.55 bits per heavy atom. The summed E-state index contributed by atoms with van der Waals surface area (Å²) in [6.45, 7) is 4.19. The number of rotatable bonds is 4. The molecule has 1 saturated heterocycles. The number of anilines is 2. The minimum atomic E-state index is -0.398. The molecule has 9 heteroatoms. The second-order valence-corrected chi connectivity index (χ2v) is 5.19. The van der Waals surface area contributed by atoms with E-state index in [4.69, 9.17) is 10.6 Å². The van der Waals surface area contributed by atoms with E-state index in [1.807, 2.05) is 0 Å². The monoisotopic (exact) mass is 344 g/mol. The largest absolute Gasteiger partial charge is 0.378 e. The number of carbonyl (C=O) groups excluding carboxylic acids is 1. The summed E-state index contributed by atoms with van der Waals surface area (Å²) in [6.07, 6.45) is 1.57. The van der Waals surface area contributed by atoms with Crippen LogP contribution in [0.4, 0.5) is 11.8 Å². The van der Waals surface area contributed by atoms with Gasteiger partial charge in [0.15, 0.2) is 0 Å². The van der Waals surface area contributed by atoms with Crippen LogP contribution in [0, 0.1) is 0 Å². The van der Waals surface area contributed by atoms with Crippen LogP contribution in [0.2, 0.25) is 0 Å². The Morgan fingerprint density at radius 3 is 2.90 bits per heavy atom. The molecule has 1 aliphatic rings. The third-order valence-corrected chi connectivity index (χ3v) is 3.50. The van der Waals surface area contributed by atoms with Gasteiger partial charge in [-0.2, -0.15) is 4.98 Å². The molecule has 4 N–H and O–H groups in total. The van der Waals surface area contributed by atoms with Crippen molar-refractivity contribution in [3.05, 3.63) is 10.7 Å². The highest BCUT2D eigenvalue weighted by molar-refractivity contribution is 9.10. The smallest absolute Gasteiger partial charge is 0.244 e. The van der Waals surface area contributed by atoms with Gasteiger partial charge in [-0.05, 0) is 22.9 Å². The van der Waals surface area contributed by atoms with Crippen LogP contribution >= 0.6 is 15.9 Å². The van der Waals surface area contributed by atoms with Crippen LogP contribution in [-0.2, 0) is 9.53 Å². The van der Waals surface area contributed by atoms with Gasteiger partial charge in [-0.25, -0.2) is 10.8 Å². The number of ether oxygens (including phenoxy) is 1. The highest BCUT2D eigenvalue weighted by atomic mass is 79.9. The van der Waals surface area contributed by atoms with E-state index in [0.717, 1.165) is 0 Å². The molecule has 1 aromatic rings. The molecule has 0 bridgehead atoms. The molecule has 0 aliphatic carbocycles. The van der Waals surface area contributed by atoms with Gasteiger partial charge in [0.25, 0.3) is 0 Å². The zero-order valence-corrected chi connectivity index (χ0v) is 12.7. The number of nitrogens with zero attached hydrogens (tertiary/aromatic N) is 3. The van der Waals surface area contributed by atoms with Crippen LogP contribution < -0.4 is 16.6 Å². The first-order valence-corrected chi connectivity index (χ1v) is 7.03. The molecule has 8 nitrogen and oxygen atoms in total. The van der Waals surface area contributed by atoms with Crippen LogP contribution in [0.15, 0.2) is 10.7 Å². The number of nitrogen functional groups attached to an aromatic ring is 1. The summed E-state index contributed by atoms with van der Waals surface area (Å²) >= 11 is 3.33. The van der Waals surface area contributed by atoms with Gasteiger partial charge in [0, 0.05) is 19.3 Å². The minimum Gasteiger partial charge on any atom is -0.378 e. The predicted octanol–water partition coefficient (Wildman–Crippen LogP) is 0.184. The average Bonchev–Trinajstić information content (AvgIpc) is 2.49. The molecule has 0 radical (unpaired) electrons. The van der Waals surface area contributed by atoms with Crippen LogP contribution in [0.1, 0.15) is 6.92 Å². The number of amides is 1. The molecule has 1 unspecified atom stereocenters. The standard InChI is InChI=1S/C11H17BrN6O2/c1-7(10(19)18-2-4-20-5-3-18)15-9-8(12)6-14-11(16-9)17-13/h6-7H,2-5,13H2,1H3,(H2,14,15,16,17). The summed E-state index contributed by atoms with van der Waals surface area (Å²) in [5, 5.41) is 3.06. The van der Waals surface area contributed by atoms with E-state index in [-0.39, 0.29) is 11.9 Å². The number of hydrogen-bond donors (Lipinski definition) is 3. The van der Waals surface area contributed by atoms with Crippen molar-refractivity contribution < 1.29 is 9.53 Å². The molecule has 0 spiro atoms. The van der Waals surface area contributed by atoms with Crippen molar-refractivity contribution in [2.45, 2.75) is 13.0 Å². The molecule has 20 heavy (non-hydrogen) atoms. The van der Waals surface area contributed by atoms with E-state index in [0.29, 0.717) is 36.6 Å². The maximum absolute atomic E-state index is 12.3. The first kappa shape index (κ1) is 14.9. The van der Waals surface area contributed by atoms with Crippen molar-refractivity contribution in [3.8, 4) is 0 Å². The van der Waals surface area contributed by atoms with Gasteiger partial charge in [0.05, 0.1) is 17.7 Å². The highest BCUT2D eigenvalue weighted by Crippen LogP contribution is 2.21. The van der Waals surface area contributed by atoms with E-state index in [1.165, 1.54) is 0 Å². The number of morpholine rings is 1. The molecule has 1 aliphatic heterocycles. The van der Waals surface area contributed by atoms with E-state index >= 15 is 0 Å². The summed E-state index contributed by atoms with van der Waals surface area (Å²) < 4.78 is 5.90. The first-order chi connectivity index (χ1) is 9.61. The predicted molar refractivity (Wildman–Crippen MR) is 78.0 cm³/mol. The van der Waals surface area contributed by atoms with Gasteiger partial charge in [0.2, 0.25) is 11.9 Å². The molecule has 1 amide bonds. The molecule has 0 saturated carbocycles. The number of nitrogens with two attached hydrogens (primary N) is 1. The number of hydrazine groups is 1. The molecule has 0 aromatic carbocycles. The van der Waals surface area contributed by atoms with Crippen LogP contribution in [0.25, 0.3) is 0 Å². The van der Waals surface area contributed by atoms with Gasteiger partial charge in [-0.3, -0.25) is 10.2 Å².